The van der Waals surface area contributed by atoms with Crippen molar-refractivity contribution >= 4 is 0 Å². The summed E-state index contributed by atoms with van der Waals surface area (Å²) in [5.41, 5.74) is 0. The average molecular weight is 194 g/mol. The molecule has 6 heavy (non-hydrogen) atoms. The van der Waals surface area contributed by atoms with E-state index in [2.05, 4.69) is 0 Å². The third-order valence-corrected chi connectivity index (χ3v) is 0. The summed E-state index contributed by atoms with van der Waals surface area (Å²) in [6.45, 7) is 0. The van der Waals surface area contributed by atoms with Crippen molar-refractivity contribution in [1.82, 2.24) is 0 Å². The first-order valence-corrected chi connectivity index (χ1v) is 0. The predicted octanol–water partition coefficient (Wildman–Crippen LogP) is -10.6. The van der Waals surface area contributed by atoms with Crippen LogP contribution in [0.2, 0.25) is 0 Å². The molecule has 43 valence electrons. The van der Waals surface area contributed by atoms with Crippen LogP contribution in [0.15, 0.2) is 0 Å². The normalized spacial score (nSPS) is 0. The zero-order valence-corrected chi connectivity index (χ0v) is 6.08. The summed E-state index contributed by atoms with van der Waals surface area (Å²) in [5.74, 6) is 0. The summed E-state index contributed by atoms with van der Waals surface area (Å²) in [5, 5.41) is 0. The van der Waals surface area contributed by atoms with Crippen LogP contribution in [0, 0.1) is 0 Å². The SMILES string of the molecule is O.O.[Cl-].[Cl-].[Cl-].[Cr+3]. The molecule has 0 aromatic carbocycles. The summed E-state index contributed by atoms with van der Waals surface area (Å²) < 4.78 is 0. The Kier molecular flexibility index (Phi) is 2860. The molecular weight excluding hydrogens is 190 g/mol. The molecule has 4 N–H and O–H groups in total. The summed E-state index contributed by atoms with van der Waals surface area (Å²) in [4.78, 5) is 0. The first-order chi connectivity index (χ1) is 0. The van der Waals surface area contributed by atoms with Gasteiger partial charge in [0.2, 0.25) is 0 Å². The summed E-state index contributed by atoms with van der Waals surface area (Å²) in [7, 11) is 0. The van der Waals surface area contributed by atoms with E-state index in [1.165, 1.54) is 0 Å². The van der Waals surface area contributed by atoms with E-state index in [0.29, 0.717) is 0 Å². The quantitative estimate of drug-likeness (QED) is 0.368. The molecule has 0 aliphatic rings. The van der Waals surface area contributed by atoms with Crippen molar-refractivity contribution in [3.63, 3.8) is 0 Å². The molecule has 0 aromatic rings. The van der Waals surface area contributed by atoms with Gasteiger partial charge in [0.05, 0.1) is 0 Å². The largest absolute Gasteiger partial charge is 3.00 e. The number of hydrogen-bond donors (Lipinski definition) is 0. The van der Waals surface area contributed by atoms with Gasteiger partial charge in [-0.25, -0.2) is 0 Å². The van der Waals surface area contributed by atoms with Crippen LogP contribution < -0.4 is 37.2 Å². The molecule has 0 unspecified atom stereocenters. The van der Waals surface area contributed by atoms with Crippen molar-refractivity contribution in [2.24, 2.45) is 0 Å². The zero-order valence-electron chi connectivity index (χ0n) is 2.54. The van der Waals surface area contributed by atoms with Gasteiger partial charge in [0.25, 0.3) is 0 Å². The Balaban J connectivity index is 0. The monoisotopic (exact) mass is 193 g/mol. The van der Waals surface area contributed by atoms with Crippen LogP contribution in [0.5, 0.6) is 0 Å². The van der Waals surface area contributed by atoms with Crippen LogP contribution in [0.4, 0.5) is 0 Å². The molecule has 0 atom stereocenters. The summed E-state index contributed by atoms with van der Waals surface area (Å²) in [6.07, 6.45) is 0. The van der Waals surface area contributed by atoms with Gasteiger partial charge in [0.15, 0.2) is 0 Å². The molecule has 0 spiro atoms. The van der Waals surface area contributed by atoms with Gasteiger partial charge < -0.3 is 48.2 Å². The second-order valence-corrected chi connectivity index (χ2v) is 0. The smallest absolute Gasteiger partial charge is 1.00 e. The van der Waals surface area contributed by atoms with Gasteiger partial charge >= 0.3 is 17.4 Å². The van der Waals surface area contributed by atoms with E-state index in [0.717, 1.165) is 0 Å². The standard InChI is InChI=1S/3ClH.Cr.2H2O/h3*1H;;2*1H2/q;;;+3;;/p-3. The third-order valence-electron chi connectivity index (χ3n) is 0. The summed E-state index contributed by atoms with van der Waals surface area (Å²) >= 11 is 0. The Morgan fingerprint density at radius 1 is 0.500 bits per heavy atom. The van der Waals surface area contributed by atoms with E-state index in [4.69, 9.17) is 0 Å². The van der Waals surface area contributed by atoms with Crippen LogP contribution >= 0.6 is 0 Å². The molecule has 0 amide bonds. The molecule has 0 fully saturated rings. The van der Waals surface area contributed by atoms with Gasteiger partial charge in [-0.2, -0.15) is 0 Å². The molecule has 2 nitrogen and oxygen atoms in total. The Morgan fingerprint density at radius 2 is 0.500 bits per heavy atom. The van der Waals surface area contributed by atoms with Gasteiger partial charge in [-0.05, 0) is 0 Å². The maximum atomic E-state index is 0. The minimum atomic E-state index is 0. The van der Waals surface area contributed by atoms with Gasteiger partial charge in [0, 0.05) is 0 Å². The van der Waals surface area contributed by atoms with E-state index in [-0.39, 0.29) is 65.5 Å². The molecule has 0 saturated heterocycles. The zero-order chi connectivity index (χ0) is 0. The van der Waals surface area contributed by atoms with E-state index in [1.807, 2.05) is 0 Å². The molecular formula is H4Cl3CrO2. The van der Waals surface area contributed by atoms with Crippen molar-refractivity contribution in [3.8, 4) is 0 Å². The first kappa shape index (κ1) is 167. The predicted molar refractivity (Wildman–Crippen MR) is 7.23 cm³/mol. The van der Waals surface area contributed by atoms with E-state index in [1.54, 1.807) is 0 Å². The van der Waals surface area contributed by atoms with Crippen LogP contribution in [0.1, 0.15) is 0 Å². The number of hydrogen-bond acceptors (Lipinski definition) is 0. The third kappa shape index (κ3) is 56.9. The fourth-order valence-corrected chi connectivity index (χ4v) is 0. The topological polar surface area (TPSA) is 63.0 Å². The number of halogens is 3. The van der Waals surface area contributed by atoms with Gasteiger partial charge in [-0.15, -0.1) is 0 Å². The fourth-order valence-electron chi connectivity index (χ4n) is 0. The van der Waals surface area contributed by atoms with Crippen molar-refractivity contribution in [1.29, 1.82) is 0 Å². The molecule has 0 bridgehead atoms. The fraction of sp³-hybridized carbons (Fsp3) is 0. The van der Waals surface area contributed by atoms with E-state index < -0.39 is 0 Å². The molecule has 0 rings (SSSR count). The Morgan fingerprint density at radius 3 is 0.500 bits per heavy atom. The first-order valence-electron chi connectivity index (χ1n) is 0. The molecule has 0 aliphatic carbocycles. The minimum absolute atomic E-state index is 0. The van der Waals surface area contributed by atoms with Gasteiger partial charge in [0.1, 0.15) is 0 Å². The van der Waals surface area contributed by atoms with Crippen molar-refractivity contribution in [2.45, 2.75) is 0 Å². The molecule has 0 aromatic heterocycles. The van der Waals surface area contributed by atoms with Crippen LogP contribution in [0.25, 0.3) is 0 Å². The van der Waals surface area contributed by atoms with Crippen LogP contribution in [-0.2, 0) is 17.4 Å². The van der Waals surface area contributed by atoms with Crippen LogP contribution in [0.3, 0.4) is 0 Å². The molecule has 0 heterocycles. The van der Waals surface area contributed by atoms with Crippen molar-refractivity contribution < 1.29 is 65.5 Å². The maximum absolute atomic E-state index is 0. The minimum Gasteiger partial charge on any atom is -1.00 e. The molecule has 1 radical (unpaired) electrons. The van der Waals surface area contributed by atoms with Gasteiger partial charge in [-0.3, -0.25) is 0 Å². The van der Waals surface area contributed by atoms with Gasteiger partial charge in [-0.1, -0.05) is 0 Å². The van der Waals surface area contributed by atoms with Crippen molar-refractivity contribution in [3.05, 3.63) is 0 Å². The molecule has 0 aliphatic heterocycles. The second-order valence-electron chi connectivity index (χ2n) is 0. The van der Waals surface area contributed by atoms with E-state index in [9.17, 15) is 0 Å². The average Bonchev–Trinajstić information content (AvgIpc) is 0. The van der Waals surface area contributed by atoms with E-state index >= 15 is 0 Å². The molecule has 6 heteroatoms. The van der Waals surface area contributed by atoms with Crippen LogP contribution in [-0.4, -0.2) is 11.0 Å². The Hall–Kier alpha value is 1.32. The Bertz CT molecular complexity index is 8.75. The molecule has 0 saturated carbocycles. The number of rotatable bonds is 0. The maximum Gasteiger partial charge on any atom is 3.00 e. The van der Waals surface area contributed by atoms with Crippen molar-refractivity contribution in [2.75, 3.05) is 0 Å². The summed E-state index contributed by atoms with van der Waals surface area (Å²) in [6, 6.07) is 0. The Labute approximate surface area is 65.7 Å². The second kappa shape index (κ2) is 102.